The molecule has 108 valence electrons. The molecule has 0 unspecified atom stereocenters. The van der Waals surface area contributed by atoms with Crippen LogP contribution in [-0.4, -0.2) is 45.4 Å². The summed E-state index contributed by atoms with van der Waals surface area (Å²) in [5.41, 5.74) is 1.24. The van der Waals surface area contributed by atoms with Crippen molar-refractivity contribution in [2.24, 2.45) is 0 Å². The van der Waals surface area contributed by atoms with E-state index < -0.39 is 0 Å². The number of nitrogens with one attached hydrogen (secondary N) is 1. The minimum absolute atomic E-state index is 0.394. The normalized spacial score (nSPS) is 17.6. The van der Waals surface area contributed by atoms with E-state index in [-0.39, 0.29) is 0 Å². The van der Waals surface area contributed by atoms with Crippen LogP contribution in [0.5, 0.6) is 0 Å². The maximum absolute atomic E-state index is 5.22. The molecule has 0 amide bonds. The van der Waals surface area contributed by atoms with Crippen LogP contribution in [0.4, 0.5) is 0 Å². The number of hydrogen-bond donors (Lipinski definition) is 1. The number of aromatic amines is 1. The van der Waals surface area contributed by atoms with Gasteiger partial charge in [-0.1, -0.05) is 5.16 Å². The van der Waals surface area contributed by atoms with Gasteiger partial charge in [-0.25, -0.2) is 0 Å². The second-order valence-corrected chi connectivity index (χ2v) is 5.10. The lowest BCUT2D eigenvalue weighted by Crippen LogP contribution is -2.32. The van der Waals surface area contributed by atoms with Crippen LogP contribution < -0.4 is 0 Å². The lowest BCUT2D eigenvalue weighted by Gasteiger charge is -2.30. The Bertz CT molecular complexity index is 517. The van der Waals surface area contributed by atoms with E-state index in [1.165, 1.54) is 5.69 Å². The third-order valence-electron chi connectivity index (χ3n) is 3.69. The number of likely N-dealkylation sites (tertiary alicyclic amines) is 1. The monoisotopic (exact) mass is 277 g/mol. The molecule has 7 nitrogen and oxygen atoms in total. The highest BCUT2D eigenvalue weighted by Crippen LogP contribution is 2.26. The van der Waals surface area contributed by atoms with Gasteiger partial charge < -0.3 is 9.26 Å². The van der Waals surface area contributed by atoms with Crippen molar-refractivity contribution in [1.29, 1.82) is 0 Å². The Morgan fingerprint density at radius 1 is 1.45 bits per heavy atom. The zero-order chi connectivity index (χ0) is 13.8. The molecule has 1 fully saturated rings. The minimum Gasteiger partial charge on any atom is -0.377 e. The molecule has 0 radical (unpaired) electrons. The van der Waals surface area contributed by atoms with Crippen molar-refractivity contribution in [1.82, 2.24) is 25.2 Å². The number of hydrogen-bond acceptors (Lipinski definition) is 6. The van der Waals surface area contributed by atoms with Gasteiger partial charge in [0, 0.05) is 24.9 Å². The van der Waals surface area contributed by atoms with E-state index in [1.807, 2.05) is 6.20 Å². The van der Waals surface area contributed by atoms with Crippen molar-refractivity contribution in [2.75, 3.05) is 20.2 Å². The zero-order valence-electron chi connectivity index (χ0n) is 11.6. The fraction of sp³-hybridized carbons (Fsp3) is 0.615. The SMILES string of the molecule is COCc1noc(CN2CCC(c3ccn[nH]3)CC2)n1. The molecule has 0 aromatic carbocycles. The summed E-state index contributed by atoms with van der Waals surface area (Å²) >= 11 is 0. The Kier molecular flexibility index (Phi) is 4.08. The summed E-state index contributed by atoms with van der Waals surface area (Å²) in [7, 11) is 1.62. The average Bonchev–Trinajstić information content (AvgIpc) is 3.12. The summed E-state index contributed by atoms with van der Waals surface area (Å²) in [5, 5.41) is 11.0. The van der Waals surface area contributed by atoms with Crippen molar-refractivity contribution in [3.63, 3.8) is 0 Å². The van der Waals surface area contributed by atoms with Crippen molar-refractivity contribution in [3.8, 4) is 0 Å². The van der Waals surface area contributed by atoms with Crippen LogP contribution in [0, 0.1) is 0 Å². The summed E-state index contributed by atoms with van der Waals surface area (Å²) in [4.78, 5) is 6.65. The number of piperidine rings is 1. The van der Waals surface area contributed by atoms with Crippen molar-refractivity contribution in [2.45, 2.75) is 31.9 Å². The summed E-state index contributed by atoms with van der Waals surface area (Å²) in [5.74, 6) is 1.85. The van der Waals surface area contributed by atoms with Crippen LogP contribution in [0.15, 0.2) is 16.8 Å². The maximum atomic E-state index is 5.22. The van der Waals surface area contributed by atoms with E-state index in [9.17, 15) is 0 Å². The van der Waals surface area contributed by atoms with Crippen molar-refractivity contribution >= 4 is 0 Å². The minimum atomic E-state index is 0.394. The Balaban J connectivity index is 1.50. The van der Waals surface area contributed by atoms with E-state index in [0.717, 1.165) is 25.9 Å². The first kappa shape index (κ1) is 13.3. The summed E-state index contributed by atoms with van der Waals surface area (Å²) in [6, 6.07) is 2.06. The van der Waals surface area contributed by atoms with Crippen LogP contribution >= 0.6 is 0 Å². The van der Waals surface area contributed by atoms with Crippen LogP contribution in [-0.2, 0) is 17.9 Å². The summed E-state index contributed by atoms with van der Waals surface area (Å²) in [6.45, 7) is 3.18. The van der Waals surface area contributed by atoms with Gasteiger partial charge in [-0.2, -0.15) is 10.1 Å². The van der Waals surface area contributed by atoms with Gasteiger partial charge in [-0.15, -0.1) is 0 Å². The van der Waals surface area contributed by atoms with E-state index in [0.29, 0.717) is 30.8 Å². The number of ether oxygens (including phenoxy) is 1. The van der Waals surface area contributed by atoms with E-state index in [4.69, 9.17) is 9.26 Å². The molecule has 0 atom stereocenters. The van der Waals surface area contributed by atoms with Gasteiger partial charge in [0.1, 0.15) is 6.61 Å². The number of H-pyrrole nitrogens is 1. The molecule has 0 aliphatic carbocycles. The number of rotatable bonds is 5. The van der Waals surface area contributed by atoms with E-state index >= 15 is 0 Å². The molecule has 7 heteroatoms. The molecule has 2 aromatic heterocycles. The Hall–Kier alpha value is -1.73. The fourth-order valence-corrected chi connectivity index (χ4v) is 2.63. The Labute approximate surface area is 117 Å². The lowest BCUT2D eigenvalue weighted by atomic mass is 9.94. The predicted octanol–water partition coefficient (Wildman–Crippen LogP) is 1.32. The molecule has 1 N–H and O–H groups in total. The van der Waals surface area contributed by atoms with Gasteiger partial charge >= 0.3 is 0 Å². The van der Waals surface area contributed by atoms with Gasteiger partial charge in [0.2, 0.25) is 5.89 Å². The predicted molar refractivity (Wildman–Crippen MR) is 70.9 cm³/mol. The van der Waals surface area contributed by atoms with Gasteiger partial charge in [0.25, 0.3) is 0 Å². The molecule has 20 heavy (non-hydrogen) atoms. The number of aromatic nitrogens is 4. The smallest absolute Gasteiger partial charge is 0.240 e. The first-order chi connectivity index (χ1) is 9.85. The first-order valence-electron chi connectivity index (χ1n) is 6.87. The summed E-state index contributed by atoms with van der Waals surface area (Å²) in [6.07, 6.45) is 4.07. The van der Waals surface area contributed by atoms with Crippen LogP contribution in [0.1, 0.15) is 36.2 Å². The number of methoxy groups -OCH3 is 1. The second kappa shape index (κ2) is 6.15. The van der Waals surface area contributed by atoms with Crippen LogP contribution in [0.25, 0.3) is 0 Å². The molecular formula is C13H19N5O2. The van der Waals surface area contributed by atoms with Crippen LogP contribution in [0.2, 0.25) is 0 Å². The van der Waals surface area contributed by atoms with Gasteiger partial charge in [-0.05, 0) is 32.0 Å². The average molecular weight is 277 g/mol. The second-order valence-electron chi connectivity index (χ2n) is 5.10. The Morgan fingerprint density at radius 2 is 2.30 bits per heavy atom. The maximum Gasteiger partial charge on any atom is 0.240 e. The molecule has 0 saturated carbocycles. The highest BCUT2D eigenvalue weighted by Gasteiger charge is 2.22. The lowest BCUT2D eigenvalue weighted by molar-refractivity contribution is 0.172. The molecule has 1 aliphatic heterocycles. The summed E-state index contributed by atoms with van der Waals surface area (Å²) < 4.78 is 10.2. The quantitative estimate of drug-likeness (QED) is 0.887. The highest BCUT2D eigenvalue weighted by molar-refractivity contribution is 5.06. The zero-order valence-corrected chi connectivity index (χ0v) is 11.6. The van der Waals surface area contributed by atoms with Gasteiger partial charge in [-0.3, -0.25) is 10.00 Å². The fourth-order valence-electron chi connectivity index (χ4n) is 2.63. The van der Waals surface area contributed by atoms with Gasteiger partial charge in [0.05, 0.1) is 6.54 Å². The Morgan fingerprint density at radius 3 is 3.00 bits per heavy atom. The first-order valence-corrected chi connectivity index (χ1v) is 6.87. The third-order valence-corrected chi connectivity index (χ3v) is 3.69. The molecular weight excluding hydrogens is 258 g/mol. The molecule has 0 bridgehead atoms. The van der Waals surface area contributed by atoms with E-state index in [2.05, 4.69) is 31.3 Å². The highest BCUT2D eigenvalue weighted by atomic mass is 16.5. The van der Waals surface area contributed by atoms with E-state index in [1.54, 1.807) is 7.11 Å². The van der Waals surface area contributed by atoms with Crippen molar-refractivity contribution in [3.05, 3.63) is 29.7 Å². The van der Waals surface area contributed by atoms with Gasteiger partial charge in [0.15, 0.2) is 5.82 Å². The number of nitrogens with zero attached hydrogens (tertiary/aromatic N) is 4. The molecule has 1 saturated heterocycles. The molecule has 3 heterocycles. The largest absolute Gasteiger partial charge is 0.377 e. The van der Waals surface area contributed by atoms with Crippen molar-refractivity contribution < 1.29 is 9.26 Å². The molecule has 0 spiro atoms. The molecule has 1 aliphatic rings. The topological polar surface area (TPSA) is 80.1 Å². The van der Waals surface area contributed by atoms with Crippen LogP contribution in [0.3, 0.4) is 0 Å². The molecule has 2 aromatic rings. The standard InChI is InChI=1S/C13H19N5O2/c1-19-9-12-15-13(20-17-12)8-18-6-3-10(4-7-18)11-2-5-14-16-11/h2,5,10H,3-4,6-9H2,1H3,(H,14,16). The molecule has 3 rings (SSSR count). The third kappa shape index (κ3) is 3.05.